The molecule has 0 aliphatic carbocycles. The zero-order chi connectivity index (χ0) is 10.0. The third kappa shape index (κ3) is 1.73. The minimum atomic E-state index is 0.535. The van der Waals surface area contributed by atoms with E-state index in [0.717, 1.165) is 11.1 Å². The molecule has 0 fully saturated rings. The summed E-state index contributed by atoms with van der Waals surface area (Å²) in [7, 11) is 3.20. The van der Waals surface area contributed by atoms with Crippen molar-refractivity contribution in [2.75, 3.05) is 14.2 Å². The first kappa shape index (κ1) is 10.2. The quantitative estimate of drug-likeness (QED) is 0.731. The van der Waals surface area contributed by atoms with Crippen LogP contribution in [0.25, 0.3) is 0 Å². The molecular formula is C10H13ClO2. The Morgan fingerprint density at radius 1 is 1.15 bits per heavy atom. The van der Waals surface area contributed by atoms with Crippen molar-refractivity contribution in [1.29, 1.82) is 0 Å². The molecule has 0 aromatic heterocycles. The molecule has 0 atom stereocenters. The molecule has 0 N–H and O–H groups in total. The van der Waals surface area contributed by atoms with Gasteiger partial charge in [0.2, 0.25) is 0 Å². The highest BCUT2D eigenvalue weighted by Crippen LogP contribution is 2.38. The molecule has 13 heavy (non-hydrogen) atoms. The molecule has 0 aliphatic rings. The minimum Gasteiger partial charge on any atom is -0.495 e. The van der Waals surface area contributed by atoms with Crippen molar-refractivity contribution in [3.8, 4) is 11.5 Å². The summed E-state index contributed by atoms with van der Waals surface area (Å²) in [6, 6.07) is 1.90. The van der Waals surface area contributed by atoms with E-state index in [0.29, 0.717) is 16.5 Å². The summed E-state index contributed by atoms with van der Waals surface area (Å²) in [5, 5.41) is 0.535. The fraction of sp³-hybridized carbons (Fsp3) is 0.400. The molecule has 1 aromatic rings. The minimum absolute atomic E-state index is 0.535. The average molecular weight is 201 g/mol. The number of rotatable bonds is 2. The van der Waals surface area contributed by atoms with E-state index in [4.69, 9.17) is 21.1 Å². The van der Waals surface area contributed by atoms with Gasteiger partial charge in [0.1, 0.15) is 16.5 Å². The summed E-state index contributed by atoms with van der Waals surface area (Å²) in [4.78, 5) is 0. The summed E-state index contributed by atoms with van der Waals surface area (Å²) in [5.41, 5.74) is 2.16. The van der Waals surface area contributed by atoms with Gasteiger partial charge in [0.15, 0.2) is 0 Å². The maximum absolute atomic E-state index is 6.04. The highest BCUT2D eigenvalue weighted by Gasteiger charge is 2.12. The molecule has 3 heteroatoms. The second kappa shape index (κ2) is 3.88. The molecule has 72 valence electrons. The summed E-state index contributed by atoms with van der Waals surface area (Å²) in [6.45, 7) is 3.97. The summed E-state index contributed by atoms with van der Waals surface area (Å²) >= 11 is 6.04. The van der Waals surface area contributed by atoms with E-state index >= 15 is 0 Å². The van der Waals surface area contributed by atoms with Gasteiger partial charge in [0.25, 0.3) is 0 Å². The first-order valence-electron chi connectivity index (χ1n) is 3.99. The number of hydrogen-bond donors (Lipinski definition) is 0. The Balaban J connectivity index is 3.39. The van der Waals surface area contributed by atoms with Crippen LogP contribution in [0.15, 0.2) is 6.07 Å². The Labute approximate surface area is 83.4 Å². The van der Waals surface area contributed by atoms with Crippen molar-refractivity contribution in [2.24, 2.45) is 0 Å². The van der Waals surface area contributed by atoms with Gasteiger partial charge >= 0.3 is 0 Å². The Morgan fingerprint density at radius 2 is 1.77 bits per heavy atom. The van der Waals surface area contributed by atoms with Crippen LogP contribution in [-0.4, -0.2) is 14.2 Å². The van der Waals surface area contributed by atoms with E-state index < -0.39 is 0 Å². The molecule has 0 heterocycles. The van der Waals surface area contributed by atoms with Crippen LogP contribution in [0.1, 0.15) is 11.1 Å². The van der Waals surface area contributed by atoms with Gasteiger partial charge < -0.3 is 9.47 Å². The van der Waals surface area contributed by atoms with E-state index in [-0.39, 0.29) is 0 Å². The van der Waals surface area contributed by atoms with E-state index in [9.17, 15) is 0 Å². The molecule has 0 radical (unpaired) electrons. The number of hydrogen-bond acceptors (Lipinski definition) is 2. The molecule has 0 unspecified atom stereocenters. The Bertz CT molecular complexity index is 321. The van der Waals surface area contributed by atoms with Gasteiger partial charge in [-0.05, 0) is 31.0 Å². The van der Waals surface area contributed by atoms with Crippen molar-refractivity contribution in [1.82, 2.24) is 0 Å². The molecule has 0 bridgehead atoms. The lowest BCUT2D eigenvalue weighted by Crippen LogP contribution is -1.94. The van der Waals surface area contributed by atoms with Gasteiger partial charge in [-0.3, -0.25) is 0 Å². The van der Waals surface area contributed by atoms with E-state index in [1.165, 1.54) is 0 Å². The normalized spacial score (nSPS) is 9.92. The number of ether oxygens (including phenoxy) is 2. The number of halogens is 1. The zero-order valence-electron chi connectivity index (χ0n) is 8.27. The van der Waals surface area contributed by atoms with Gasteiger partial charge in [-0.1, -0.05) is 11.6 Å². The largest absolute Gasteiger partial charge is 0.495 e. The third-order valence-corrected chi connectivity index (χ3v) is 2.48. The summed E-state index contributed by atoms with van der Waals surface area (Å²) in [5.74, 6) is 1.35. The lowest BCUT2D eigenvalue weighted by molar-refractivity contribution is 0.392. The maximum Gasteiger partial charge on any atom is 0.144 e. The van der Waals surface area contributed by atoms with Crippen LogP contribution < -0.4 is 9.47 Å². The van der Waals surface area contributed by atoms with Gasteiger partial charge in [-0.25, -0.2) is 0 Å². The van der Waals surface area contributed by atoms with Crippen LogP contribution in [-0.2, 0) is 0 Å². The molecule has 2 nitrogen and oxygen atoms in total. The summed E-state index contributed by atoms with van der Waals surface area (Å²) < 4.78 is 10.3. The fourth-order valence-electron chi connectivity index (χ4n) is 1.22. The molecule has 0 amide bonds. The van der Waals surface area contributed by atoms with Crippen LogP contribution in [0.2, 0.25) is 5.02 Å². The van der Waals surface area contributed by atoms with E-state index in [1.807, 2.05) is 19.9 Å². The highest BCUT2D eigenvalue weighted by atomic mass is 35.5. The standard InChI is InChI=1S/C10H13ClO2/c1-6-5-8(12-3)9(11)10(13-4)7(6)2/h5H,1-4H3. The molecular weight excluding hydrogens is 188 g/mol. The summed E-state index contributed by atoms with van der Waals surface area (Å²) in [6.07, 6.45) is 0. The fourth-order valence-corrected chi connectivity index (χ4v) is 1.57. The molecule has 1 rings (SSSR count). The van der Waals surface area contributed by atoms with Crippen molar-refractivity contribution in [2.45, 2.75) is 13.8 Å². The lowest BCUT2D eigenvalue weighted by Gasteiger charge is -2.12. The van der Waals surface area contributed by atoms with Gasteiger partial charge in [-0.2, -0.15) is 0 Å². The van der Waals surface area contributed by atoms with Crippen LogP contribution in [0.5, 0.6) is 11.5 Å². The number of methoxy groups -OCH3 is 2. The zero-order valence-corrected chi connectivity index (χ0v) is 9.03. The second-order valence-corrected chi connectivity index (χ2v) is 3.25. The Morgan fingerprint density at radius 3 is 2.23 bits per heavy atom. The predicted molar refractivity (Wildman–Crippen MR) is 54.0 cm³/mol. The SMILES string of the molecule is COc1cc(C)c(C)c(OC)c1Cl. The smallest absolute Gasteiger partial charge is 0.144 e. The third-order valence-electron chi connectivity index (χ3n) is 2.12. The first-order chi connectivity index (χ1) is 6.11. The van der Waals surface area contributed by atoms with Gasteiger partial charge in [0, 0.05) is 0 Å². The molecule has 0 saturated carbocycles. The van der Waals surface area contributed by atoms with Crippen LogP contribution in [0, 0.1) is 13.8 Å². The van der Waals surface area contributed by atoms with Gasteiger partial charge in [0.05, 0.1) is 14.2 Å². The highest BCUT2D eigenvalue weighted by molar-refractivity contribution is 6.33. The van der Waals surface area contributed by atoms with Gasteiger partial charge in [-0.15, -0.1) is 0 Å². The first-order valence-corrected chi connectivity index (χ1v) is 4.37. The molecule has 0 spiro atoms. The number of aryl methyl sites for hydroxylation is 1. The average Bonchev–Trinajstić information content (AvgIpc) is 2.12. The van der Waals surface area contributed by atoms with E-state index in [2.05, 4.69) is 0 Å². The number of benzene rings is 1. The molecule has 1 aromatic carbocycles. The van der Waals surface area contributed by atoms with Crippen molar-refractivity contribution < 1.29 is 9.47 Å². The Hall–Kier alpha value is -0.890. The van der Waals surface area contributed by atoms with Crippen molar-refractivity contribution >= 4 is 11.6 Å². The topological polar surface area (TPSA) is 18.5 Å². The molecule has 0 saturated heterocycles. The lowest BCUT2D eigenvalue weighted by atomic mass is 10.1. The van der Waals surface area contributed by atoms with Crippen molar-refractivity contribution in [3.05, 3.63) is 22.2 Å². The molecule has 0 aliphatic heterocycles. The predicted octanol–water partition coefficient (Wildman–Crippen LogP) is 2.97. The second-order valence-electron chi connectivity index (χ2n) is 2.87. The van der Waals surface area contributed by atoms with Crippen molar-refractivity contribution in [3.63, 3.8) is 0 Å². The monoisotopic (exact) mass is 200 g/mol. The maximum atomic E-state index is 6.04. The van der Waals surface area contributed by atoms with Crippen LogP contribution in [0.4, 0.5) is 0 Å². The van der Waals surface area contributed by atoms with Crippen LogP contribution in [0.3, 0.4) is 0 Å². The van der Waals surface area contributed by atoms with Crippen LogP contribution >= 0.6 is 11.6 Å². The Kier molecular flexibility index (Phi) is 3.04. The van der Waals surface area contributed by atoms with E-state index in [1.54, 1.807) is 14.2 Å².